The molecule has 6 nitrogen and oxygen atoms in total. The lowest BCUT2D eigenvalue weighted by Crippen LogP contribution is -2.49. The smallest absolute Gasteiger partial charge is 0.321 e. The van der Waals surface area contributed by atoms with Gasteiger partial charge in [0, 0.05) is 13.1 Å². The second-order valence-corrected chi connectivity index (χ2v) is 6.03. The highest BCUT2D eigenvalue weighted by Gasteiger charge is 2.53. The average Bonchev–Trinajstić information content (AvgIpc) is 3.01. The maximum absolute atomic E-state index is 12.3. The average molecular weight is 280 g/mol. The van der Waals surface area contributed by atoms with Crippen LogP contribution in [0.25, 0.3) is 0 Å². The molecule has 4 atom stereocenters. The van der Waals surface area contributed by atoms with Gasteiger partial charge in [-0.15, -0.1) is 0 Å². The maximum Gasteiger partial charge on any atom is 0.321 e. The Morgan fingerprint density at radius 3 is 2.70 bits per heavy atom. The van der Waals surface area contributed by atoms with Crippen molar-refractivity contribution in [1.29, 1.82) is 0 Å². The zero-order valence-corrected chi connectivity index (χ0v) is 11.6. The number of hydrogen-bond acceptors (Lipinski definition) is 4. The van der Waals surface area contributed by atoms with Gasteiger partial charge in [-0.25, -0.2) is 0 Å². The molecule has 3 rings (SSSR count). The van der Waals surface area contributed by atoms with Gasteiger partial charge in [-0.2, -0.15) is 0 Å². The summed E-state index contributed by atoms with van der Waals surface area (Å²) in [7, 11) is 0. The molecule has 3 aliphatic rings. The number of rotatable bonds is 3. The van der Waals surface area contributed by atoms with E-state index in [4.69, 9.17) is 0 Å². The lowest BCUT2D eigenvalue weighted by molar-refractivity contribution is -0.145. The van der Waals surface area contributed by atoms with Crippen molar-refractivity contribution in [3.8, 4) is 0 Å². The summed E-state index contributed by atoms with van der Waals surface area (Å²) in [4.78, 5) is 38.8. The van der Waals surface area contributed by atoms with Gasteiger partial charge in [0.1, 0.15) is 6.04 Å². The number of nitrogens with zero attached hydrogens (tertiary/aromatic N) is 2. The molecule has 0 spiro atoms. The van der Waals surface area contributed by atoms with Crippen LogP contribution in [0, 0.1) is 11.8 Å². The molecule has 2 heterocycles. The van der Waals surface area contributed by atoms with E-state index in [0.29, 0.717) is 19.0 Å². The molecule has 6 heteroatoms. The molecule has 0 radical (unpaired) electrons. The SMILES string of the molecule is CCN1C(=O)CC(N2CC3CCCC3C2C(=O)O)C1=O. The highest BCUT2D eigenvalue weighted by Crippen LogP contribution is 2.44. The Hall–Kier alpha value is -1.43. The number of amides is 2. The van der Waals surface area contributed by atoms with Crippen LogP contribution < -0.4 is 0 Å². The standard InChI is InChI=1S/C14H20N2O4/c1-2-15-11(17)6-10(13(15)18)16-7-8-4-3-5-9(8)12(16)14(19)20/h8-10,12H,2-7H2,1H3,(H,19,20). The minimum atomic E-state index is -0.852. The normalized spacial score (nSPS) is 37.8. The van der Waals surface area contributed by atoms with Gasteiger partial charge in [0.25, 0.3) is 0 Å². The molecule has 0 bridgehead atoms. The summed E-state index contributed by atoms with van der Waals surface area (Å²) in [5.41, 5.74) is 0. The number of carbonyl (C=O) groups excluding carboxylic acids is 2. The first-order chi connectivity index (χ1) is 9.54. The van der Waals surface area contributed by atoms with Crippen LogP contribution in [0.4, 0.5) is 0 Å². The molecule has 2 amide bonds. The Morgan fingerprint density at radius 2 is 2.10 bits per heavy atom. The first-order valence-corrected chi connectivity index (χ1v) is 7.37. The summed E-state index contributed by atoms with van der Waals surface area (Å²) in [6.45, 7) is 2.78. The van der Waals surface area contributed by atoms with Gasteiger partial charge in [0.05, 0.1) is 12.5 Å². The minimum absolute atomic E-state index is 0.135. The van der Waals surface area contributed by atoms with Crippen LogP contribution in [0.2, 0.25) is 0 Å². The van der Waals surface area contributed by atoms with E-state index in [9.17, 15) is 19.5 Å². The molecule has 3 fully saturated rings. The molecule has 0 aromatic rings. The number of likely N-dealkylation sites (N-methyl/N-ethyl adjacent to an activating group) is 1. The Bertz CT molecular complexity index is 464. The Morgan fingerprint density at radius 1 is 1.35 bits per heavy atom. The zero-order valence-electron chi connectivity index (χ0n) is 11.6. The van der Waals surface area contributed by atoms with E-state index in [1.165, 1.54) is 4.90 Å². The fourth-order valence-corrected chi connectivity index (χ4v) is 4.24. The van der Waals surface area contributed by atoms with Crippen molar-refractivity contribution in [2.24, 2.45) is 11.8 Å². The van der Waals surface area contributed by atoms with Gasteiger partial charge in [0.15, 0.2) is 0 Å². The second-order valence-electron chi connectivity index (χ2n) is 6.03. The molecule has 2 saturated heterocycles. The van der Waals surface area contributed by atoms with Gasteiger partial charge >= 0.3 is 5.97 Å². The van der Waals surface area contributed by atoms with E-state index in [2.05, 4.69) is 0 Å². The molecule has 2 aliphatic heterocycles. The maximum atomic E-state index is 12.3. The summed E-state index contributed by atoms with van der Waals surface area (Å²) in [6.07, 6.45) is 3.17. The van der Waals surface area contributed by atoms with Crippen LogP contribution in [0.15, 0.2) is 0 Å². The van der Waals surface area contributed by atoms with Crippen molar-refractivity contribution >= 4 is 17.8 Å². The van der Waals surface area contributed by atoms with Crippen LogP contribution in [-0.4, -0.2) is 57.9 Å². The van der Waals surface area contributed by atoms with Crippen molar-refractivity contribution in [2.75, 3.05) is 13.1 Å². The number of likely N-dealkylation sites (tertiary alicyclic amines) is 2. The van der Waals surface area contributed by atoms with E-state index in [1.54, 1.807) is 11.8 Å². The van der Waals surface area contributed by atoms with Crippen molar-refractivity contribution in [3.63, 3.8) is 0 Å². The number of carboxylic acid groups (broad SMARTS) is 1. The van der Waals surface area contributed by atoms with Crippen LogP contribution in [0.1, 0.15) is 32.6 Å². The Kier molecular flexibility index (Phi) is 3.28. The highest BCUT2D eigenvalue weighted by atomic mass is 16.4. The van der Waals surface area contributed by atoms with Gasteiger partial charge in [-0.05, 0) is 31.6 Å². The summed E-state index contributed by atoms with van der Waals surface area (Å²) in [6, 6.07) is -1.16. The fraction of sp³-hybridized carbons (Fsp3) is 0.786. The van der Waals surface area contributed by atoms with Crippen LogP contribution in [-0.2, 0) is 14.4 Å². The van der Waals surface area contributed by atoms with E-state index >= 15 is 0 Å². The molecule has 1 aliphatic carbocycles. The number of carbonyl (C=O) groups is 3. The number of imide groups is 1. The quantitative estimate of drug-likeness (QED) is 0.753. The highest BCUT2D eigenvalue weighted by molar-refractivity contribution is 6.05. The molecule has 20 heavy (non-hydrogen) atoms. The summed E-state index contributed by atoms with van der Waals surface area (Å²) >= 11 is 0. The first-order valence-electron chi connectivity index (χ1n) is 7.37. The minimum Gasteiger partial charge on any atom is -0.480 e. The van der Waals surface area contributed by atoms with E-state index in [-0.39, 0.29) is 24.2 Å². The number of hydrogen-bond donors (Lipinski definition) is 1. The Balaban J connectivity index is 1.85. The number of fused-ring (bicyclic) bond motifs is 1. The molecule has 110 valence electrons. The third-order valence-corrected chi connectivity index (χ3v) is 5.12. The summed E-state index contributed by atoms with van der Waals surface area (Å²) < 4.78 is 0. The zero-order chi connectivity index (χ0) is 14.4. The van der Waals surface area contributed by atoms with E-state index < -0.39 is 18.1 Å². The van der Waals surface area contributed by atoms with Gasteiger partial charge in [0.2, 0.25) is 11.8 Å². The third kappa shape index (κ3) is 1.85. The lowest BCUT2D eigenvalue weighted by Gasteiger charge is -2.28. The molecule has 1 saturated carbocycles. The Labute approximate surface area is 117 Å². The first kappa shape index (κ1) is 13.5. The molecule has 4 unspecified atom stereocenters. The van der Waals surface area contributed by atoms with Crippen LogP contribution in [0.3, 0.4) is 0 Å². The molecular formula is C14H20N2O4. The predicted octanol–water partition coefficient (Wildman–Crippen LogP) is 0.319. The van der Waals surface area contributed by atoms with Gasteiger partial charge in [-0.1, -0.05) is 6.42 Å². The second kappa shape index (κ2) is 4.84. The third-order valence-electron chi connectivity index (χ3n) is 5.12. The summed E-state index contributed by atoms with van der Waals surface area (Å²) in [5.74, 6) is -0.734. The number of aliphatic carboxylic acids is 1. The van der Waals surface area contributed by atoms with E-state index in [1.807, 2.05) is 0 Å². The van der Waals surface area contributed by atoms with Crippen LogP contribution in [0.5, 0.6) is 0 Å². The van der Waals surface area contributed by atoms with Crippen LogP contribution >= 0.6 is 0 Å². The van der Waals surface area contributed by atoms with Crippen molar-refractivity contribution in [3.05, 3.63) is 0 Å². The lowest BCUT2D eigenvalue weighted by atomic mass is 9.94. The predicted molar refractivity (Wildman–Crippen MR) is 69.8 cm³/mol. The summed E-state index contributed by atoms with van der Waals surface area (Å²) in [5, 5.41) is 9.51. The van der Waals surface area contributed by atoms with E-state index in [0.717, 1.165) is 19.3 Å². The van der Waals surface area contributed by atoms with Crippen molar-refractivity contribution < 1.29 is 19.5 Å². The molecule has 1 N–H and O–H groups in total. The molecular weight excluding hydrogens is 260 g/mol. The van der Waals surface area contributed by atoms with Crippen molar-refractivity contribution in [2.45, 2.75) is 44.7 Å². The van der Waals surface area contributed by atoms with Gasteiger partial charge < -0.3 is 5.11 Å². The van der Waals surface area contributed by atoms with Crippen molar-refractivity contribution in [1.82, 2.24) is 9.80 Å². The number of carboxylic acids is 1. The monoisotopic (exact) mass is 280 g/mol. The largest absolute Gasteiger partial charge is 0.480 e. The van der Waals surface area contributed by atoms with Gasteiger partial charge in [-0.3, -0.25) is 24.2 Å². The fourth-order valence-electron chi connectivity index (χ4n) is 4.24. The molecule has 0 aromatic carbocycles. The topological polar surface area (TPSA) is 77.9 Å². The molecule has 0 aromatic heterocycles.